The topological polar surface area (TPSA) is 0 Å². The summed E-state index contributed by atoms with van der Waals surface area (Å²) in [7, 11) is 0. The van der Waals surface area contributed by atoms with Gasteiger partial charge in [-0.2, -0.15) is 0 Å². The van der Waals surface area contributed by atoms with Crippen LogP contribution in [0.5, 0.6) is 0 Å². The lowest BCUT2D eigenvalue weighted by Crippen LogP contribution is -2.54. The van der Waals surface area contributed by atoms with Gasteiger partial charge in [-0.3, -0.25) is 0 Å². The number of halogens is 9. The van der Waals surface area contributed by atoms with Crippen molar-refractivity contribution in [3.63, 3.8) is 0 Å². The van der Waals surface area contributed by atoms with E-state index in [0.29, 0.717) is 5.56 Å². The monoisotopic (exact) mass is 496 g/mol. The van der Waals surface area contributed by atoms with Crippen molar-refractivity contribution in [3.05, 3.63) is 35.4 Å². The van der Waals surface area contributed by atoms with E-state index >= 15 is 0 Å². The summed E-state index contributed by atoms with van der Waals surface area (Å²) in [6.45, 7) is 2.11. The van der Waals surface area contributed by atoms with E-state index in [0.717, 1.165) is 24.8 Å². The molecule has 0 aliphatic heterocycles. The summed E-state index contributed by atoms with van der Waals surface area (Å²) in [6, 6.07) is 7.11. The van der Waals surface area contributed by atoms with Crippen molar-refractivity contribution in [1.29, 1.82) is 0 Å². The van der Waals surface area contributed by atoms with Gasteiger partial charge in [0.15, 0.2) is 8.67 Å². The van der Waals surface area contributed by atoms with Crippen molar-refractivity contribution in [2.75, 3.05) is 0 Å². The van der Waals surface area contributed by atoms with Crippen LogP contribution in [-0.4, -0.2) is 12.5 Å². The number of unbranched alkanes of at least 4 members (excludes halogenated alkanes) is 1. The quantitative estimate of drug-likeness (QED) is 0.344. The van der Waals surface area contributed by atoms with Crippen LogP contribution in [0.15, 0.2) is 24.3 Å². The summed E-state index contributed by atoms with van der Waals surface area (Å²) in [4.78, 5) is 0. The second kappa shape index (κ2) is 8.24. The van der Waals surface area contributed by atoms with Crippen LogP contribution in [0.4, 0.5) is 0 Å². The van der Waals surface area contributed by atoms with Crippen molar-refractivity contribution in [1.82, 2.24) is 0 Å². The molecular weight excluding hydrogens is 487 g/mol. The van der Waals surface area contributed by atoms with Crippen molar-refractivity contribution in [2.24, 2.45) is 0 Å². The third kappa shape index (κ3) is 4.76. The highest BCUT2D eigenvalue weighted by Crippen LogP contribution is 2.65. The molecule has 0 unspecified atom stereocenters. The number of alkyl halides is 9. The Labute approximate surface area is 181 Å². The van der Waals surface area contributed by atoms with Gasteiger partial charge in [-0.25, -0.2) is 0 Å². The highest BCUT2D eigenvalue weighted by Gasteiger charge is 2.68. The van der Waals surface area contributed by atoms with Crippen LogP contribution in [0.2, 0.25) is 0 Å². The fourth-order valence-electron chi connectivity index (χ4n) is 1.82. The molecule has 0 saturated heterocycles. The first-order valence-corrected chi connectivity index (χ1v) is 9.98. The lowest BCUT2D eigenvalue weighted by Gasteiger charge is -2.44. The molecule has 1 rings (SSSR count). The molecule has 0 atom stereocenters. The molecule has 132 valence electrons. The molecule has 0 fully saturated rings. The van der Waals surface area contributed by atoms with Gasteiger partial charge in [0.05, 0.1) is 0 Å². The van der Waals surface area contributed by atoms with Gasteiger partial charge in [-0.1, -0.05) is 142 Å². The van der Waals surface area contributed by atoms with Crippen molar-refractivity contribution < 1.29 is 0 Å². The first kappa shape index (κ1) is 22.9. The van der Waals surface area contributed by atoms with Crippen LogP contribution < -0.4 is 0 Å². The van der Waals surface area contributed by atoms with Gasteiger partial charge in [0.2, 0.25) is 8.13 Å². The van der Waals surface area contributed by atoms with Gasteiger partial charge in [0.25, 0.3) is 0 Å². The number of benzene rings is 1. The van der Waals surface area contributed by atoms with E-state index < -0.39 is 16.8 Å². The molecule has 0 heterocycles. The summed E-state index contributed by atoms with van der Waals surface area (Å²) < 4.78 is -8.65. The predicted molar refractivity (Wildman–Crippen MR) is 108 cm³/mol. The van der Waals surface area contributed by atoms with Crippen LogP contribution in [0.3, 0.4) is 0 Å². The first-order chi connectivity index (χ1) is 10.3. The van der Waals surface area contributed by atoms with E-state index in [1.165, 1.54) is 0 Å². The summed E-state index contributed by atoms with van der Waals surface area (Å²) in [5, 5.41) is 0. The van der Waals surface area contributed by atoms with Crippen molar-refractivity contribution >= 4 is 104 Å². The molecule has 0 spiro atoms. The third-order valence-electron chi connectivity index (χ3n) is 3.28. The molecule has 0 N–H and O–H groups in total. The molecule has 1 aromatic rings. The van der Waals surface area contributed by atoms with Crippen LogP contribution in [0, 0.1) is 0 Å². The summed E-state index contributed by atoms with van der Waals surface area (Å²) in [6.07, 6.45) is 3.10. The Bertz CT molecular complexity index is 514. The van der Waals surface area contributed by atoms with Crippen LogP contribution in [0.25, 0.3) is 0 Å². The minimum Gasteiger partial charge on any atom is -0.0943 e. The highest BCUT2D eigenvalue weighted by atomic mass is 35.6. The second-order valence-electron chi connectivity index (χ2n) is 5.02. The number of aryl methyl sites for hydroxylation is 1. The maximum atomic E-state index is 6.36. The van der Waals surface area contributed by atoms with Gasteiger partial charge < -0.3 is 0 Å². The van der Waals surface area contributed by atoms with E-state index in [9.17, 15) is 0 Å². The number of rotatable bonds is 6. The molecule has 9 heteroatoms. The normalized spacial score (nSPS) is 14.2. The molecule has 0 radical (unpaired) electrons. The minimum atomic E-state index is -2.28. The predicted octanol–water partition coefficient (Wildman–Crippen LogP) is 8.38. The van der Waals surface area contributed by atoms with Crippen LogP contribution >= 0.6 is 104 Å². The average molecular weight is 500 g/mol. The Balaban J connectivity index is 3.19. The SMILES string of the molecule is CCCCc1ccc(C(Cl)(Cl)C(Cl)(Cl)C(Cl)(Cl)C(Cl)(Cl)Cl)cc1. The van der Waals surface area contributed by atoms with E-state index in [4.69, 9.17) is 104 Å². The van der Waals surface area contributed by atoms with Gasteiger partial charge in [-0.05, 0) is 24.0 Å². The Morgan fingerprint density at radius 1 is 0.739 bits per heavy atom. The van der Waals surface area contributed by atoms with Crippen LogP contribution in [-0.2, 0) is 10.8 Å². The number of hydrogen-bond acceptors (Lipinski definition) is 0. The molecule has 0 nitrogen and oxygen atoms in total. The lowest BCUT2D eigenvalue weighted by atomic mass is 10.0. The van der Waals surface area contributed by atoms with Gasteiger partial charge >= 0.3 is 0 Å². The molecule has 0 amide bonds. The zero-order valence-corrected chi connectivity index (χ0v) is 18.6. The van der Waals surface area contributed by atoms with Gasteiger partial charge in [0.1, 0.15) is 0 Å². The van der Waals surface area contributed by atoms with Crippen molar-refractivity contribution in [2.45, 2.75) is 43.0 Å². The largest absolute Gasteiger partial charge is 0.226 e. The second-order valence-corrected chi connectivity index (χ2v) is 11.3. The smallest absolute Gasteiger partial charge is 0.0943 e. The maximum absolute atomic E-state index is 6.36. The Hall–Kier alpha value is 1.83. The van der Waals surface area contributed by atoms with E-state index in [-0.39, 0.29) is 0 Å². The van der Waals surface area contributed by atoms with Crippen LogP contribution in [0.1, 0.15) is 30.9 Å². The minimum absolute atomic E-state index is 0.381. The highest BCUT2D eigenvalue weighted by molar-refractivity contribution is 6.80. The van der Waals surface area contributed by atoms with Gasteiger partial charge in [-0.15, -0.1) is 0 Å². The zero-order valence-electron chi connectivity index (χ0n) is 11.8. The zero-order chi connectivity index (χ0) is 18.1. The molecule has 1 aromatic carbocycles. The Kier molecular flexibility index (Phi) is 8.19. The molecule has 0 aliphatic carbocycles. The van der Waals surface area contributed by atoms with E-state index in [2.05, 4.69) is 6.92 Å². The number of hydrogen-bond donors (Lipinski definition) is 0. The fourth-order valence-corrected chi connectivity index (χ4v) is 4.05. The lowest BCUT2D eigenvalue weighted by molar-refractivity contribution is 0.600. The van der Waals surface area contributed by atoms with E-state index in [1.54, 1.807) is 12.1 Å². The molecule has 0 aromatic heterocycles. The maximum Gasteiger partial charge on any atom is 0.226 e. The fraction of sp³-hybridized carbons (Fsp3) is 0.571. The van der Waals surface area contributed by atoms with E-state index in [1.807, 2.05) is 12.1 Å². The molecule has 0 bridgehead atoms. The molecule has 23 heavy (non-hydrogen) atoms. The van der Waals surface area contributed by atoms with Crippen molar-refractivity contribution in [3.8, 4) is 0 Å². The first-order valence-electron chi connectivity index (χ1n) is 6.58. The average Bonchev–Trinajstić information content (AvgIpc) is 2.44. The molecule has 0 aliphatic rings. The third-order valence-corrected chi connectivity index (χ3v) is 8.76. The van der Waals surface area contributed by atoms with Gasteiger partial charge in [0, 0.05) is 0 Å². The Morgan fingerprint density at radius 3 is 1.61 bits per heavy atom. The standard InChI is InChI=1S/C14H13Cl9/c1-2-3-4-9-5-7-10(8-6-9)11(15,16)12(17,18)13(19,20)14(21,22)23/h5-8H,2-4H2,1H3. The molecular formula is C14H13Cl9. The summed E-state index contributed by atoms with van der Waals surface area (Å²) in [5.74, 6) is 0. The summed E-state index contributed by atoms with van der Waals surface area (Å²) >= 11 is 54.7. The Morgan fingerprint density at radius 2 is 1.22 bits per heavy atom. The molecule has 0 saturated carbocycles. The summed E-state index contributed by atoms with van der Waals surface area (Å²) in [5.41, 5.74) is 1.50.